The van der Waals surface area contributed by atoms with E-state index in [9.17, 15) is 5.11 Å². The first-order valence-electron chi connectivity index (χ1n) is 5.13. The Labute approximate surface area is 114 Å². The number of benzene rings is 2. The van der Waals surface area contributed by atoms with Gasteiger partial charge in [0, 0.05) is 15.6 Å². The van der Waals surface area contributed by atoms with Crippen molar-refractivity contribution in [2.45, 2.75) is 0 Å². The summed E-state index contributed by atoms with van der Waals surface area (Å²) in [5.41, 5.74) is 2.19. The molecule has 92 valence electrons. The summed E-state index contributed by atoms with van der Waals surface area (Å²) in [7, 11) is 0. The third-order valence-corrected chi connectivity index (χ3v) is 2.88. The molecule has 0 saturated carbocycles. The maximum absolute atomic E-state index is 9.81. The summed E-state index contributed by atoms with van der Waals surface area (Å²) in [5, 5.41) is 14.3. The van der Waals surface area contributed by atoms with Gasteiger partial charge in [0.05, 0.1) is 6.21 Å². The topological polar surface area (TPSA) is 58.6 Å². The van der Waals surface area contributed by atoms with Crippen molar-refractivity contribution >= 4 is 29.4 Å². The summed E-state index contributed by atoms with van der Waals surface area (Å²) in [6, 6.07) is 10.4. The molecule has 0 bridgehead atoms. The molecule has 0 spiro atoms. The molecule has 0 unspecified atom stereocenters. The van der Waals surface area contributed by atoms with Gasteiger partial charge in [0.15, 0.2) is 0 Å². The fraction of sp³-hybridized carbons (Fsp3) is 0. The first-order valence-corrected chi connectivity index (χ1v) is 5.88. The summed E-state index contributed by atoms with van der Waals surface area (Å²) >= 11 is 11.9. The number of phenolic OH excluding ortho intramolecular Hbond substituents is 1. The van der Waals surface area contributed by atoms with E-state index in [-0.39, 0.29) is 5.75 Å². The number of nitrogens with zero attached hydrogens (tertiary/aromatic N) is 1. The molecule has 0 heterocycles. The highest BCUT2D eigenvalue weighted by atomic mass is 35.5. The Morgan fingerprint density at radius 1 is 1.00 bits per heavy atom. The average Bonchev–Trinajstić information content (AvgIpc) is 2.30. The number of aromatic hydroxyl groups is 1. The van der Waals surface area contributed by atoms with Crippen molar-refractivity contribution < 1.29 is 5.11 Å². The van der Waals surface area contributed by atoms with Crippen molar-refractivity contribution in [2.24, 2.45) is 10.9 Å². The van der Waals surface area contributed by atoms with Crippen LogP contribution in [0.2, 0.25) is 10.0 Å². The highest BCUT2D eigenvalue weighted by Crippen LogP contribution is 2.30. The molecule has 0 saturated heterocycles. The van der Waals surface area contributed by atoms with Gasteiger partial charge >= 0.3 is 0 Å². The first kappa shape index (κ1) is 12.7. The lowest BCUT2D eigenvalue weighted by Crippen LogP contribution is -1.88. The van der Waals surface area contributed by atoms with E-state index in [1.54, 1.807) is 30.3 Å². The van der Waals surface area contributed by atoms with E-state index < -0.39 is 0 Å². The fourth-order valence-electron chi connectivity index (χ4n) is 1.63. The van der Waals surface area contributed by atoms with Gasteiger partial charge < -0.3 is 10.9 Å². The maximum atomic E-state index is 9.81. The lowest BCUT2D eigenvalue weighted by atomic mass is 10.0. The summed E-state index contributed by atoms with van der Waals surface area (Å²) in [6.45, 7) is 0. The molecule has 3 nitrogen and oxygen atoms in total. The number of rotatable bonds is 2. The van der Waals surface area contributed by atoms with Crippen LogP contribution >= 0.6 is 23.2 Å². The minimum absolute atomic E-state index is 0.0952. The third kappa shape index (κ3) is 2.75. The van der Waals surface area contributed by atoms with Crippen LogP contribution in [0.15, 0.2) is 41.5 Å². The zero-order valence-electron chi connectivity index (χ0n) is 9.27. The maximum Gasteiger partial charge on any atom is 0.125 e. The van der Waals surface area contributed by atoms with Crippen molar-refractivity contribution in [2.75, 3.05) is 0 Å². The molecule has 0 fully saturated rings. The van der Waals surface area contributed by atoms with Gasteiger partial charge in [0.1, 0.15) is 5.75 Å². The van der Waals surface area contributed by atoms with Crippen molar-refractivity contribution in [3.63, 3.8) is 0 Å². The first-order chi connectivity index (χ1) is 8.60. The quantitative estimate of drug-likeness (QED) is 0.501. The predicted molar refractivity (Wildman–Crippen MR) is 75.3 cm³/mol. The third-order valence-electron chi connectivity index (χ3n) is 2.44. The molecular weight excluding hydrogens is 271 g/mol. The Bertz CT molecular complexity index is 592. The van der Waals surface area contributed by atoms with Crippen LogP contribution in [0.3, 0.4) is 0 Å². The lowest BCUT2D eigenvalue weighted by molar-refractivity contribution is 0.474. The molecule has 5 heteroatoms. The molecule has 18 heavy (non-hydrogen) atoms. The largest absolute Gasteiger partial charge is 0.507 e. The van der Waals surface area contributed by atoms with Gasteiger partial charge in [-0.15, -0.1) is 0 Å². The second kappa shape index (κ2) is 5.29. The molecule has 3 N–H and O–H groups in total. The van der Waals surface area contributed by atoms with Crippen LogP contribution in [0.25, 0.3) is 11.1 Å². The molecule has 0 aliphatic carbocycles. The molecule has 2 aromatic carbocycles. The van der Waals surface area contributed by atoms with Crippen LogP contribution in [0.5, 0.6) is 5.75 Å². The minimum atomic E-state index is 0.0952. The molecule has 0 radical (unpaired) electrons. The molecule has 0 atom stereocenters. The van der Waals surface area contributed by atoms with Crippen LogP contribution in [0, 0.1) is 0 Å². The van der Waals surface area contributed by atoms with Crippen molar-refractivity contribution in [1.29, 1.82) is 0 Å². The second-order valence-corrected chi connectivity index (χ2v) is 4.58. The van der Waals surface area contributed by atoms with Gasteiger partial charge in [-0.05, 0) is 41.5 Å². The van der Waals surface area contributed by atoms with Gasteiger partial charge in [-0.25, -0.2) is 0 Å². The van der Waals surface area contributed by atoms with Crippen LogP contribution < -0.4 is 5.84 Å². The van der Waals surface area contributed by atoms with E-state index in [1.807, 2.05) is 6.07 Å². The van der Waals surface area contributed by atoms with Gasteiger partial charge in [0.2, 0.25) is 0 Å². The van der Waals surface area contributed by atoms with Crippen molar-refractivity contribution in [3.8, 4) is 16.9 Å². The number of nitrogens with two attached hydrogens (primary N) is 1. The van der Waals surface area contributed by atoms with Crippen LogP contribution in [-0.2, 0) is 0 Å². The van der Waals surface area contributed by atoms with E-state index >= 15 is 0 Å². The second-order valence-electron chi connectivity index (χ2n) is 3.71. The number of halogens is 2. The summed E-state index contributed by atoms with van der Waals surface area (Å²) < 4.78 is 0. The molecule has 0 aliphatic heterocycles. The average molecular weight is 281 g/mol. The van der Waals surface area contributed by atoms with E-state index in [0.29, 0.717) is 15.6 Å². The summed E-state index contributed by atoms with van der Waals surface area (Å²) in [4.78, 5) is 0. The minimum Gasteiger partial charge on any atom is -0.507 e. The predicted octanol–water partition coefficient (Wildman–Crippen LogP) is 3.66. The Balaban J connectivity index is 2.48. The number of hydrogen-bond acceptors (Lipinski definition) is 3. The standard InChI is InChI=1S/C13H10Cl2N2O/c14-11-3-10(4-12(15)6-11)8-1-2-9(7-17-16)13(18)5-8/h1-7,18H,16H2. The van der Waals surface area contributed by atoms with Crippen LogP contribution in [-0.4, -0.2) is 11.3 Å². The van der Waals surface area contributed by atoms with Gasteiger partial charge in [-0.2, -0.15) is 5.10 Å². The van der Waals surface area contributed by atoms with Crippen LogP contribution in [0.1, 0.15) is 5.56 Å². The van der Waals surface area contributed by atoms with Gasteiger partial charge in [0.25, 0.3) is 0 Å². The van der Waals surface area contributed by atoms with E-state index in [1.165, 1.54) is 6.21 Å². The van der Waals surface area contributed by atoms with E-state index in [2.05, 4.69) is 5.10 Å². The Morgan fingerprint density at radius 3 is 2.22 bits per heavy atom. The fourth-order valence-corrected chi connectivity index (χ4v) is 2.16. The molecular formula is C13H10Cl2N2O. The SMILES string of the molecule is NN=Cc1ccc(-c2cc(Cl)cc(Cl)c2)cc1O. The number of phenols is 1. The normalized spacial score (nSPS) is 11.0. The summed E-state index contributed by atoms with van der Waals surface area (Å²) in [6.07, 6.45) is 1.38. The zero-order chi connectivity index (χ0) is 13.1. The smallest absolute Gasteiger partial charge is 0.125 e. The summed E-state index contributed by atoms with van der Waals surface area (Å²) in [5.74, 6) is 5.14. The van der Waals surface area contributed by atoms with E-state index in [0.717, 1.165) is 11.1 Å². The monoisotopic (exact) mass is 280 g/mol. The molecule has 0 aromatic heterocycles. The lowest BCUT2D eigenvalue weighted by Gasteiger charge is -2.06. The van der Waals surface area contributed by atoms with Crippen molar-refractivity contribution in [3.05, 3.63) is 52.0 Å². The van der Waals surface area contributed by atoms with Gasteiger partial charge in [-0.1, -0.05) is 29.3 Å². The Hall–Kier alpha value is -1.71. The molecule has 0 aliphatic rings. The number of hydrazone groups is 1. The van der Waals surface area contributed by atoms with Gasteiger partial charge in [-0.3, -0.25) is 0 Å². The Kier molecular flexibility index (Phi) is 3.75. The number of hydrogen-bond donors (Lipinski definition) is 2. The molecule has 2 aromatic rings. The highest BCUT2D eigenvalue weighted by molar-refractivity contribution is 6.35. The highest BCUT2D eigenvalue weighted by Gasteiger charge is 2.05. The van der Waals surface area contributed by atoms with E-state index in [4.69, 9.17) is 29.0 Å². The van der Waals surface area contributed by atoms with Crippen molar-refractivity contribution in [1.82, 2.24) is 0 Å². The Morgan fingerprint density at radius 2 is 1.67 bits per heavy atom. The molecule has 2 rings (SSSR count). The van der Waals surface area contributed by atoms with Crippen LogP contribution in [0.4, 0.5) is 0 Å². The zero-order valence-corrected chi connectivity index (χ0v) is 10.8. The molecule has 0 amide bonds.